The lowest BCUT2D eigenvalue weighted by atomic mass is 10.1. The van der Waals surface area contributed by atoms with Crippen LogP contribution < -0.4 is 4.90 Å². The van der Waals surface area contributed by atoms with Crippen LogP contribution in [0.3, 0.4) is 0 Å². The number of aryl methyl sites for hydroxylation is 1. The van der Waals surface area contributed by atoms with Gasteiger partial charge in [0.1, 0.15) is 12.0 Å². The zero-order chi connectivity index (χ0) is 24.7. The molecule has 20 heavy (non-hydrogen) atoms. The van der Waals surface area contributed by atoms with Crippen LogP contribution in [0, 0.1) is 6.92 Å². The summed E-state index contributed by atoms with van der Waals surface area (Å²) in [6.45, 7) is -9.14. The number of anilines is 1. The van der Waals surface area contributed by atoms with E-state index in [1.807, 2.05) is 0 Å². The van der Waals surface area contributed by atoms with E-state index in [9.17, 15) is 0 Å². The molecule has 0 aromatic carbocycles. The molecule has 0 saturated carbocycles. The van der Waals surface area contributed by atoms with Crippen molar-refractivity contribution in [1.82, 2.24) is 24.7 Å². The molecular formula is C13H17ClN6. The molecule has 6 nitrogen and oxygen atoms in total. The second-order valence-electron chi connectivity index (χ2n) is 4.07. The van der Waals surface area contributed by atoms with Gasteiger partial charge in [0, 0.05) is 21.1 Å². The van der Waals surface area contributed by atoms with E-state index in [-0.39, 0.29) is 11.4 Å². The van der Waals surface area contributed by atoms with Gasteiger partial charge >= 0.3 is 0 Å². The Bertz CT molecular complexity index is 1030. The zero-order valence-electron chi connectivity index (χ0n) is 22.2. The molecule has 1 atom stereocenters. The van der Waals surface area contributed by atoms with Crippen LogP contribution in [0.1, 0.15) is 60.9 Å². The average molecular weight is 305 g/mol. The Kier molecular flexibility index (Phi) is 1.23. The SMILES string of the molecule is [2H]C([2H])([2H])C([2H])([2H])[C@@H]1c2nncn2-c2c(C)nc(Cl)nc2N1C([2H])(C([2H])([2H])[2H])C([2H])([2H])[2H]. The Labute approximate surface area is 139 Å². The molecule has 2 aromatic heterocycles. The van der Waals surface area contributed by atoms with Crippen LogP contribution in [0.4, 0.5) is 5.82 Å². The fraction of sp³-hybridized carbons (Fsp3) is 0.538. The van der Waals surface area contributed by atoms with Gasteiger partial charge in [0.25, 0.3) is 0 Å². The number of hydrogen-bond donors (Lipinski definition) is 0. The molecular weight excluding hydrogens is 276 g/mol. The van der Waals surface area contributed by atoms with Crippen LogP contribution in [-0.2, 0) is 0 Å². The van der Waals surface area contributed by atoms with Crippen molar-refractivity contribution < 1.29 is 16.4 Å². The van der Waals surface area contributed by atoms with Gasteiger partial charge in [0.2, 0.25) is 5.28 Å². The first kappa shape index (κ1) is 5.26. The van der Waals surface area contributed by atoms with E-state index in [0.29, 0.717) is 4.90 Å². The molecule has 2 aromatic rings. The first-order chi connectivity index (χ1) is 14.3. The van der Waals surface area contributed by atoms with Gasteiger partial charge in [-0.05, 0) is 38.6 Å². The minimum Gasteiger partial charge on any atom is -0.342 e. The highest BCUT2D eigenvalue weighted by molar-refractivity contribution is 6.28. The molecule has 1 aliphatic rings. The highest BCUT2D eigenvalue weighted by Crippen LogP contribution is 2.40. The largest absolute Gasteiger partial charge is 0.342 e. The lowest BCUT2D eigenvalue weighted by Gasteiger charge is -2.39. The standard InChI is InChI=1S/C13H17ClN6/c1-5-9-11-18-15-6-19(11)10-8(4)16-13(14)17-12(10)20(9)7(2)3/h6-7,9H,5H2,1-4H3/t9-/m1/s1/i1D3,2D3,3D3,5D2,7D. The lowest BCUT2D eigenvalue weighted by Crippen LogP contribution is -2.40. The van der Waals surface area contributed by atoms with Crippen molar-refractivity contribution in [1.29, 1.82) is 0 Å². The molecule has 0 unspecified atom stereocenters. The molecule has 7 heteroatoms. The van der Waals surface area contributed by atoms with Crippen molar-refractivity contribution in [2.24, 2.45) is 0 Å². The highest BCUT2D eigenvalue weighted by atomic mass is 35.5. The Balaban J connectivity index is 2.54. The molecule has 0 N–H and O–H groups in total. The van der Waals surface area contributed by atoms with Crippen molar-refractivity contribution in [3.05, 3.63) is 23.1 Å². The Morgan fingerprint density at radius 3 is 3.15 bits per heavy atom. The molecule has 0 bridgehead atoms. The summed E-state index contributed by atoms with van der Waals surface area (Å²) >= 11 is 5.94. The normalized spacial score (nSPS) is 29.3. The molecule has 3 rings (SSSR count). The quantitative estimate of drug-likeness (QED) is 0.798. The fourth-order valence-electron chi connectivity index (χ4n) is 2.17. The maximum Gasteiger partial charge on any atom is 0.224 e. The first-order valence-electron chi connectivity index (χ1n) is 11.5. The Morgan fingerprint density at radius 1 is 1.55 bits per heavy atom. The summed E-state index contributed by atoms with van der Waals surface area (Å²) in [5.74, 6) is -0.979. The van der Waals surface area contributed by atoms with E-state index >= 15 is 0 Å². The number of nitrogens with zero attached hydrogens (tertiary/aromatic N) is 6. The number of halogens is 1. The average Bonchev–Trinajstić information content (AvgIpc) is 3.04. The molecule has 3 heterocycles. The van der Waals surface area contributed by atoms with Crippen LogP contribution in [0.5, 0.6) is 0 Å². The maximum absolute atomic E-state index is 8.69. The number of rotatable bonds is 2. The van der Waals surface area contributed by atoms with Crippen molar-refractivity contribution in [2.75, 3.05) is 4.90 Å². The summed E-state index contributed by atoms with van der Waals surface area (Å²) in [6, 6.07) is -5.77. The smallest absolute Gasteiger partial charge is 0.224 e. The van der Waals surface area contributed by atoms with Crippen molar-refractivity contribution in [3.8, 4) is 5.69 Å². The van der Waals surface area contributed by atoms with Gasteiger partial charge in [-0.25, -0.2) is 4.98 Å². The van der Waals surface area contributed by atoms with E-state index in [0.717, 1.165) is 10.9 Å². The van der Waals surface area contributed by atoms with Crippen molar-refractivity contribution >= 4 is 17.4 Å². The third-order valence-electron chi connectivity index (χ3n) is 2.94. The number of fused-ring (bicyclic) bond motifs is 3. The molecule has 0 spiro atoms. The molecule has 106 valence electrons. The van der Waals surface area contributed by atoms with Gasteiger partial charge in [-0.3, -0.25) is 4.57 Å². The number of aromatic nitrogens is 5. The van der Waals surface area contributed by atoms with Crippen LogP contribution in [0.2, 0.25) is 5.28 Å². The second-order valence-corrected chi connectivity index (χ2v) is 4.41. The van der Waals surface area contributed by atoms with E-state index in [1.54, 1.807) is 0 Å². The summed E-state index contributed by atoms with van der Waals surface area (Å²) in [5, 5.41) is 6.96. The maximum atomic E-state index is 8.69. The topological polar surface area (TPSA) is 59.7 Å². The highest BCUT2D eigenvalue weighted by Gasteiger charge is 2.35. The molecule has 0 fully saturated rings. The van der Waals surface area contributed by atoms with Crippen LogP contribution in [0.25, 0.3) is 5.69 Å². The van der Waals surface area contributed by atoms with E-state index in [4.69, 9.17) is 28.1 Å². The van der Waals surface area contributed by atoms with Crippen LogP contribution in [-0.4, -0.2) is 30.8 Å². The molecule has 0 aliphatic carbocycles. The summed E-state index contributed by atoms with van der Waals surface area (Å²) in [7, 11) is 0. The van der Waals surface area contributed by atoms with Crippen LogP contribution >= 0.6 is 11.6 Å². The van der Waals surface area contributed by atoms with E-state index in [1.165, 1.54) is 6.92 Å². The Morgan fingerprint density at radius 2 is 2.40 bits per heavy atom. The fourth-order valence-corrected chi connectivity index (χ4v) is 2.38. The van der Waals surface area contributed by atoms with E-state index < -0.39 is 55.9 Å². The van der Waals surface area contributed by atoms with Gasteiger partial charge in [0.15, 0.2) is 11.6 Å². The monoisotopic (exact) mass is 304 g/mol. The molecule has 0 radical (unpaired) electrons. The molecule has 0 saturated heterocycles. The van der Waals surface area contributed by atoms with E-state index in [2.05, 4.69) is 20.2 Å². The molecule has 0 amide bonds. The van der Waals surface area contributed by atoms with Gasteiger partial charge < -0.3 is 4.90 Å². The van der Waals surface area contributed by atoms with Crippen molar-refractivity contribution in [3.63, 3.8) is 0 Å². The Hall–Kier alpha value is -1.69. The second kappa shape index (κ2) is 4.70. The lowest BCUT2D eigenvalue weighted by molar-refractivity contribution is 0.496. The predicted octanol–water partition coefficient (Wildman–Crippen LogP) is 2.70. The minimum absolute atomic E-state index is 0.0582. The van der Waals surface area contributed by atoms with Crippen LogP contribution in [0.15, 0.2) is 6.33 Å². The van der Waals surface area contributed by atoms with Gasteiger partial charge in [-0.15, -0.1) is 10.2 Å². The van der Waals surface area contributed by atoms with Gasteiger partial charge in [-0.2, -0.15) is 4.98 Å². The van der Waals surface area contributed by atoms with Crippen molar-refractivity contribution in [2.45, 2.75) is 45.9 Å². The summed E-state index contributed by atoms with van der Waals surface area (Å²) in [4.78, 5) is 8.17. The summed E-state index contributed by atoms with van der Waals surface area (Å²) < 4.78 is 97.0. The number of hydrogen-bond acceptors (Lipinski definition) is 5. The first-order valence-corrected chi connectivity index (χ1v) is 5.88. The minimum atomic E-state index is -3.59. The summed E-state index contributed by atoms with van der Waals surface area (Å²) in [5.41, 5.74) is 0.0505. The predicted molar refractivity (Wildman–Crippen MR) is 77.3 cm³/mol. The molecule has 1 aliphatic heterocycles. The summed E-state index contributed by atoms with van der Waals surface area (Å²) in [6.07, 6.45) is -2.21. The third-order valence-corrected chi connectivity index (χ3v) is 3.11. The third kappa shape index (κ3) is 1.78. The van der Waals surface area contributed by atoms with Gasteiger partial charge in [0.05, 0.1) is 13.1 Å². The van der Waals surface area contributed by atoms with Gasteiger partial charge in [-0.1, -0.05) is 6.85 Å². The zero-order valence-corrected chi connectivity index (χ0v) is 11.0.